The topological polar surface area (TPSA) is 30.8 Å². The van der Waals surface area contributed by atoms with Crippen molar-refractivity contribution < 1.29 is 9.57 Å². The molecule has 0 aliphatic carbocycles. The fourth-order valence-electron chi connectivity index (χ4n) is 1.96. The van der Waals surface area contributed by atoms with Gasteiger partial charge in [-0.2, -0.15) is 0 Å². The normalized spacial score (nSPS) is 29.6. The van der Waals surface area contributed by atoms with Gasteiger partial charge in [0.15, 0.2) is 6.10 Å². The number of ether oxygens (including phenoxy) is 1. The first kappa shape index (κ1) is 8.00. The van der Waals surface area contributed by atoms with Crippen LogP contribution in [0.5, 0.6) is 0 Å². The first-order chi connectivity index (χ1) is 6.95. The Morgan fingerprint density at radius 3 is 2.86 bits per heavy atom. The highest BCUT2D eigenvalue weighted by Gasteiger charge is 2.39. The number of hydrogen-bond donors (Lipinski definition) is 0. The van der Waals surface area contributed by atoms with Crippen molar-refractivity contribution in [1.82, 2.24) is 0 Å². The van der Waals surface area contributed by atoms with E-state index in [1.54, 1.807) is 0 Å². The van der Waals surface area contributed by atoms with Crippen LogP contribution in [0.25, 0.3) is 0 Å². The summed E-state index contributed by atoms with van der Waals surface area (Å²) in [5, 5.41) is 4.13. The Morgan fingerprint density at radius 1 is 1.14 bits per heavy atom. The molecule has 0 N–H and O–H groups in total. The van der Waals surface area contributed by atoms with Crippen molar-refractivity contribution in [2.45, 2.75) is 6.10 Å². The van der Waals surface area contributed by atoms with E-state index in [0.29, 0.717) is 12.5 Å². The van der Waals surface area contributed by atoms with Gasteiger partial charge in [0.25, 0.3) is 0 Å². The maximum absolute atomic E-state index is 5.36. The van der Waals surface area contributed by atoms with Gasteiger partial charge in [-0.05, 0) is 5.56 Å². The van der Waals surface area contributed by atoms with Crippen molar-refractivity contribution in [2.75, 3.05) is 13.2 Å². The molecule has 72 valence electrons. The predicted octanol–water partition coefficient (Wildman–Crippen LogP) is 1.44. The van der Waals surface area contributed by atoms with E-state index in [4.69, 9.17) is 9.57 Å². The van der Waals surface area contributed by atoms with Gasteiger partial charge in [-0.1, -0.05) is 35.5 Å². The molecule has 3 nitrogen and oxygen atoms in total. The molecule has 0 saturated carbocycles. The molecule has 1 fully saturated rings. The van der Waals surface area contributed by atoms with Gasteiger partial charge >= 0.3 is 0 Å². The molecule has 2 aliphatic rings. The minimum absolute atomic E-state index is 0.144. The van der Waals surface area contributed by atoms with Crippen LogP contribution in [0.1, 0.15) is 5.56 Å². The number of benzene rings is 1. The third-order valence-corrected chi connectivity index (χ3v) is 2.74. The lowest BCUT2D eigenvalue weighted by molar-refractivity contribution is 0.0558. The molecule has 3 heteroatoms. The molecular formula is C11H11NO2. The van der Waals surface area contributed by atoms with E-state index < -0.39 is 0 Å². The lowest BCUT2D eigenvalue weighted by atomic mass is 9.95. The highest BCUT2D eigenvalue weighted by Crippen LogP contribution is 2.27. The Bertz CT molecular complexity index is 361. The third-order valence-electron chi connectivity index (χ3n) is 2.74. The van der Waals surface area contributed by atoms with Gasteiger partial charge in [-0.15, -0.1) is 0 Å². The lowest BCUT2D eigenvalue weighted by Crippen LogP contribution is -2.21. The van der Waals surface area contributed by atoms with Crippen LogP contribution in [0.2, 0.25) is 0 Å². The fraction of sp³-hybridized carbons (Fsp3) is 0.364. The summed E-state index contributed by atoms with van der Waals surface area (Å²) in [4.78, 5) is 5.31. The number of fused-ring (bicyclic) bond motifs is 1. The number of nitrogens with zero attached hydrogens (tertiary/aromatic N) is 1. The van der Waals surface area contributed by atoms with E-state index in [1.807, 2.05) is 18.2 Å². The Morgan fingerprint density at radius 2 is 2.00 bits per heavy atom. The molecule has 0 amide bonds. The van der Waals surface area contributed by atoms with Crippen molar-refractivity contribution in [3.63, 3.8) is 0 Å². The van der Waals surface area contributed by atoms with Gasteiger partial charge in [-0.25, -0.2) is 0 Å². The van der Waals surface area contributed by atoms with Crippen molar-refractivity contribution in [1.29, 1.82) is 0 Å². The zero-order valence-corrected chi connectivity index (χ0v) is 7.72. The van der Waals surface area contributed by atoms with Crippen LogP contribution >= 0.6 is 0 Å². The minimum Gasteiger partial charge on any atom is -0.389 e. The summed E-state index contributed by atoms with van der Waals surface area (Å²) in [6, 6.07) is 10.1. The molecule has 0 radical (unpaired) electrons. The second kappa shape index (κ2) is 3.10. The van der Waals surface area contributed by atoms with Crippen molar-refractivity contribution in [3.05, 3.63) is 35.9 Å². The second-order valence-corrected chi connectivity index (χ2v) is 3.63. The second-order valence-electron chi connectivity index (χ2n) is 3.63. The van der Waals surface area contributed by atoms with Gasteiger partial charge < -0.3 is 9.57 Å². The monoisotopic (exact) mass is 189 g/mol. The molecule has 3 rings (SSSR count). The van der Waals surface area contributed by atoms with Crippen molar-refractivity contribution >= 4 is 5.71 Å². The Labute approximate surface area is 82.3 Å². The van der Waals surface area contributed by atoms with Crippen LogP contribution in [-0.4, -0.2) is 25.0 Å². The quantitative estimate of drug-likeness (QED) is 0.669. The van der Waals surface area contributed by atoms with Crippen molar-refractivity contribution in [2.24, 2.45) is 11.1 Å². The van der Waals surface area contributed by atoms with E-state index >= 15 is 0 Å². The van der Waals surface area contributed by atoms with Gasteiger partial charge in [0.2, 0.25) is 0 Å². The van der Waals surface area contributed by atoms with Crippen LogP contribution in [0, 0.1) is 5.92 Å². The predicted molar refractivity (Wildman–Crippen MR) is 52.2 cm³/mol. The van der Waals surface area contributed by atoms with E-state index in [-0.39, 0.29) is 6.10 Å². The maximum atomic E-state index is 5.36. The molecule has 14 heavy (non-hydrogen) atoms. The van der Waals surface area contributed by atoms with Crippen LogP contribution < -0.4 is 0 Å². The zero-order valence-electron chi connectivity index (χ0n) is 7.72. The molecule has 0 bridgehead atoms. The summed E-state index contributed by atoms with van der Waals surface area (Å²) >= 11 is 0. The Balaban J connectivity index is 1.93. The lowest BCUT2D eigenvalue weighted by Gasteiger charge is -2.06. The zero-order chi connectivity index (χ0) is 9.38. The van der Waals surface area contributed by atoms with Crippen LogP contribution in [0.15, 0.2) is 35.5 Å². The molecule has 2 atom stereocenters. The SMILES string of the molecule is c1ccc(C2=NOC3COCC23)cc1. The van der Waals surface area contributed by atoms with Crippen LogP contribution in [0.3, 0.4) is 0 Å². The average Bonchev–Trinajstić information content (AvgIpc) is 2.79. The van der Waals surface area contributed by atoms with Gasteiger partial charge in [0.1, 0.15) is 0 Å². The average molecular weight is 189 g/mol. The molecule has 2 heterocycles. The molecule has 1 saturated heterocycles. The largest absolute Gasteiger partial charge is 0.389 e. The van der Waals surface area contributed by atoms with Gasteiger partial charge in [0.05, 0.1) is 24.8 Å². The smallest absolute Gasteiger partial charge is 0.161 e. The first-order valence-electron chi connectivity index (χ1n) is 4.82. The summed E-state index contributed by atoms with van der Waals surface area (Å²) in [6.45, 7) is 1.41. The minimum atomic E-state index is 0.144. The fourth-order valence-corrected chi connectivity index (χ4v) is 1.96. The highest BCUT2D eigenvalue weighted by atomic mass is 16.7. The molecular weight excluding hydrogens is 178 g/mol. The summed E-state index contributed by atoms with van der Waals surface area (Å²) in [5.74, 6) is 0.331. The summed E-state index contributed by atoms with van der Waals surface area (Å²) in [5.41, 5.74) is 2.18. The third kappa shape index (κ3) is 1.13. The summed E-state index contributed by atoms with van der Waals surface area (Å²) < 4.78 is 5.36. The summed E-state index contributed by atoms with van der Waals surface area (Å²) in [7, 11) is 0. The van der Waals surface area contributed by atoms with Gasteiger partial charge in [-0.3, -0.25) is 0 Å². The first-order valence-corrected chi connectivity index (χ1v) is 4.82. The van der Waals surface area contributed by atoms with E-state index in [0.717, 1.165) is 17.9 Å². The Kier molecular flexibility index (Phi) is 1.77. The Hall–Kier alpha value is -1.35. The number of oxime groups is 1. The summed E-state index contributed by atoms with van der Waals surface area (Å²) in [6.07, 6.45) is 0.144. The van der Waals surface area contributed by atoms with Crippen molar-refractivity contribution in [3.8, 4) is 0 Å². The molecule has 0 spiro atoms. The van der Waals surface area contributed by atoms with Crippen LogP contribution in [0.4, 0.5) is 0 Å². The van der Waals surface area contributed by atoms with E-state index in [1.165, 1.54) is 0 Å². The maximum Gasteiger partial charge on any atom is 0.161 e. The number of rotatable bonds is 1. The van der Waals surface area contributed by atoms with Gasteiger partial charge in [0, 0.05) is 0 Å². The van der Waals surface area contributed by atoms with E-state index in [2.05, 4.69) is 17.3 Å². The molecule has 2 unspecified atom stereocenters. The molecule has 2 aliphatic heterocycles. The van der Waals surface area contributed by atoms with E-state index in [9.17, 15) is 0 Å². The standard InChI is InChI=1S/C11H11NO2/c1-2-4-8(5-3-1)11-9-6-13-7-10(9)14-12-11/h1-5,9-10H,6-7H2. The molecule has 1 aromatic carbocycles. The molecule has 0 aromatic heterocycles. The number of hydrogen-bond acceptors (Lipinski definition) is 3. The highest BCUT2D eigenvalue weighted by molar-refractivity contribution is 6.03. The van der Waals surface area contributed by atoms with Crippen LogP contribution in [-0.2, 0) is 9.57 Å². The molecule has 1 aromatic rings.